The Morgan fingerprint density at radius 2 is 1.69 bits per heavy atom. The molecule has 6 nitrogen and oxygen atoms in total. The molecule has 0 saturated heterocycles. The summed E-state index contributed by atoms with van der Waals surface area (Å²) in [5, 5.41) is 21.8. The lowest BCUT2D eigenvalue weighted by Crippen LogP contribution is -2.14. The molecule has 0 unspecified atom stereocenters. The highest BCUT2D eigenvalue weighted by Gasteiger charge is 2.31. The van der Waals surface area contributed by atoms with Gasteiger partial charge in [-0.1, -0.05) is 43.8 Å². The molecule has 3 rings (SSSR count). The zero-order chi connectivity index (χ0) is 23.4. The van der Waals surface area contributed by atoms with Gasteiger partial charge in [0.1, 0.15) is 23.0 Å². The Kier molecular flexibility index (Phi) is 6.64. The topological polar surface area (TPSA) is 93.1 Å². The Balaban J connectivity index is 2.43. The second-order valence-corrected chi connectivity index (χ2v) is 6.99. The van der Waals surface area contributed by atoms with Gasteiger partial charge in [0.15, 0.2) is 5.78 Å². The molecule has 3 aromatic carbocycles. The molecule has 0 aliphatic heterocycles. The minimum absolute atomic E-state index is 0.0306. The van der Waals surface area contributed by atoms with Crippen molar-refractivity contribution in [2.75, 3.05) is 14.2 Å². The molecule has 6 heteroatoms. The number of rotatable bonds is 8. The van der Waals surface area contributed by atoms with Crippen LogP contribution in [0.5, 0.6) is 23.0 Å². The van der Waals surface area contributed by atoms with Crippen molar-refractivity contribution in [3.05, 3.63) is 83.4 Å². The number of hydrogen-bond acceptors (Lipinski definition) is 6. The average molecular weight is 432 g/mol. The van der Waals surface area contributed by atoms with E-state index in [4.69, 9.17) is 9.47 Å². The fourth-order valence-corrected chi connectivity index (χ4v) is 3.77. The molecule has 0 aliphatic carbocycles. The molecule has 32 heavy (non-hydrogen) atoms. The highest BCUT2D eigenvalue weighted by Crippen LogP contribution is 2.46. The Hall–Kier alpha value is -4.06. The van der Waals surface area contributed by atoms with Gasteiger partial charge in [0.25, 0.3) is 0 Å². The zero-order valence-electron chi connectivity index (χ0n) is 18.1. The number of ketones is 2. The fourth-order valence-electron chi connectivity index (χ4n) is 3.77. The molecule has 0 saturated carbocycles. The van der Waals surface area contributed by atoms with Crippen LogP contribution in [0.3, 0.4) is 0 Å². The third-order valence-corrected chi connectivity index (χ3v) is 5.26. The maximum atomic E-state index is 13.6. The molecular weight excluding hydrogens is 408 g/mol. The van der Waals surface area contributed by atoms with E-state index >= 15 is 0 Å². The lowest BCUT2D eigenvalue weighted by molar-refractivity contribution is 0.103. The second-order valence-electron chi connectivity index (χ2n) is 6.99. The summed E-state index contributed by atoms with van der Waals surface area (Å²) in [5.74, 6) is -1.16. The normalized spacial score (nSPS) is 10.5. The Labute approximate surface area is 186 Å². The first-order valence-electron chi connectivity index (χ1n) is 9.99. The summed E-state index contributed by atoms with van der Waals surface area (Å²) < 4.78 is 10.6. The van der Waals surface area contributed by atoms with E-state index in [2.05, 4.69) is 6.58 Å². The lowest BCUT2D eigenvalue weighted by atomic mass is 9.85. The highest BCUT2D eigenvalue weighted by atomic mass is 16.5. The molecular formula is C26H24O6. The third kappa shape index (κ3) is 3.83. The minimum Gasteiger partial charge on any atom is -0.507 e. The number of allylic oxidation sites excluding steroid dienone is 1. The summed E-state index contributed by atoms with van der Waals surface area (Å²) in [4.78, 5) is 26.4. The summed E-state index contributed by atoms with van der Waals surface area (Å²) in [5.41, 5.74) is 1.14. The van der Waals surface area contributed by atoms with Crippen molar-refractivity contribution in [1.29, 1.82) is 0 Å². The van der Waals surface area contributed by atoms with Crippen LogP contribution in [0, 0.1) is 0 Å². The maximum Gasteiger partial charge on any atom is 0.200 e. The monoisotopic (exact) mass is 432 g/mol. The molecule has 3 aromatic rings. The fraction of sp³-hybridized carbons (Fsp3) is 0.154. The van der Waals surface area contributed by atoms with E-state index < -0.39 is 11.6 Å². The van der Waals surface area contributed by atoms with Gasteiger partial charge in [0.05, 0.1) is 36.5 Å². The van der Waals surface area contributed by atoms with E-state index in [0.29, 0.717) is 16.9 Å². The van der Waals surface area contributed by atoms with Crippen molar-refractivity contribution >= 4 is 11.6 Å². The molecule has 2 N–H and O–H groups in total. The minimum atomic E-state index is -0.627. The van der Waals surface area contributed by atoms with Crippen LogP contribution in [0.2, 0.25) is 0 Å². The Morgan fingerprint density at radius 1 is 1.00 bits per heavy atom. The predicted octanol–water partition coefficient (Wildman–Crippen LogP) is 4.94. The quantitative estimate of drug-likeness (QED) is 0.387. The number of aromatic hydroxyl groups is 2. The van der Waals surface area contributed by atoms with Crippen LogP contribution in [0.15, 0.2) is 61.2 Å². The van der Waals surface area contributed by atoms with Gasteiger partial charge in [-0.25, -0.2) is 0 Å². The van der Waals surface area contributed by atoms with Crippen molar-refractivity contribution in [2.24, 2.45) is 0 Å². The van der Waals surface area contributed by atoms with Gasteiger partial charge in [0, 0.05) is 6.07 Å². The number of phenolic OH excluding ortho intramolecular Hbond substituents is 2. The van der Waals surface area contributed by atoms with E-state index in [9.17, 15) is 19.8 Å². The van der Waals surface area contributed by atoms with Gasteiger partial charge >= 0.3 is 0 Å². The van der Waals surface area contributed by atoms with Gasteiger partial charge in [-0.15, -0.1) is 0 Å². The highest BCUT2D eigenvalue weighted by molar-refractivity contribution is 6.18. The molecule has 0 amide bonds. The molecule has 0 atom stereocenters. The van der Waals surface area contributed by atoms with Crippen LogP contribution in [0.4, 0.5) is 0 Å². The second kappa shape index (κ2) is 9.39. The predicted molar refractivity (Wildman–Crippen MR) is 122 cm³/mol. The number of carbonyl (C=O) groups excluding carboxylic acids is 2. The third-order valence-electron chi connectivity index (χ3n) is 5.26. The summed E-state index contributed by atoms with van der Waals surface area (Å²) >= 11 is 0. The summed E-state index contributed by atoms with van der Waals surface area (Å²) in [6.07, 6.45) is 1.40. The smallest absolute Gasteiger partial charge is 0.200 e. The van der Waals surface area contributed by atoms with Crippen LogP contribution in [0.25, 0.3) is 11.1 Å². The van der Waals surface area contributed by atoms with Crippen molar-refractivity contribution in [3.8, 4) is 34.1 Å². The van der Waals surface area contributed by atoms with Crippen molar-refractivity contribution in [2.45, 2.75) is 13.3 Å². The molecule has 0 fully saturated rings. The largest absolute Gasteiger partial charge is 0.507 e. The standard InChI is InChI=1S/C26H24O6/c1-5-17-22(19(27)6-2)26(32-4)21(15-10-8-7-9-11-15)25(30)23(17)24(29)18-13-12-16(31-3)14-20(18)28/h6-14,28,30H,2,5H2,1,3-4H3. The first-order valence-corrected chi connectivity index (χ1v) is 9.99. The number of methoxy groups -OCH3 is 2. The molecule has 0 radical (unpaired) electrons. The van der Waals surface area contributed by atoms with Crippen molar-refractivity contribution < 1.29 is 29.3 Å². The van der Waals surface area contributed by atoms with E-state index in [1.54, 1.807) is 31.2 Å². The number of benzene rings is 3. The van der Waals surface area contributed by atoms with Crippen LogP contribution >= 0.6 is 0 Å². The van der Waals surface area contributed by atoms with Gasteiger partial charge in [0.2, 0.25) is 5.78 Å². The number of phenols is 2. The van der Waals surface area contributed by atoms with E-state index in [1.807, 2.05) is 6.07 Å². The van der Waals surface area contributed by atoms with Crippen LogP contribution in [-0.4, -0.2) is 36.0 Å². The van der Waals surface area contributed by atoms with Gasteiger partial charge in [-0.2, -0.15) is 0 Å². The molecule has 0 bridgehead atoms. The van der Waals surface area contributed by atoms with Crippen LogP contribution < -0.4 is 9.47 Å². The van der Waals surface area contributed by atoms with E-state index in [0.717, 1.165) is 6.08 Å². The van der Waals surface area contributed by atoms with Crippen LogP contribution in [0.1, 0.15) is 38.8 Å². The summed E-state index contributed by atoms with van der Waals surface area (Å²) in [6.45, 7) is 5.34. The SMILES string of the molecule is C=CC(=O)c1c(CC)c(C(=O)c2ccc(OC)cc2O)c(O)c(-c2ccccc2)c1OC. The van der Waals surface area contributed by atoms with Crippen molar-refractivity contribution in [3.63, 3.8) is 0 Å². The van der Waals surface area contributed by atoms with Gasteiger partial charge in [-0.05, 0) is 35.8 Å². The summed E-state index contributed by atoms with van der Waals surface area (Å²) in [6, 6.07) is 13.1. The molecule has 0 heterocycles. The van der Waals surface area contributed by atoms with Gasteiger partial charge in [-0.3, -0.25) is 9.59 Å². The molecule has 0 aliphatic rings. The molecule has 0 aromatic heterocycles. The number of ether oxygens (including phenoxy) is 2. The van der Waals surface area contributed by atoms with E-state index in [-0.39, 0.29) is 45.9 Å². The first-order chi connectivity index (χ1) is 15.4. The average Bonchev–Trinajstić information content (AvgIpc) is 2.82. The lowest BCUT2D eigenvalue weighted by Gasteiger charge is -2.21. The molecule has 0 spiro atoms. The maximum absolute atomic E-state index is 13.6. The zero-order valence-corrected chi connectivity index (χ0v) is 18.1. The van der Waals surface area contributed by atoms with Crippen molar-refractivity contribution in [1.82, 2.24) is 0 Å². The Bertz CT molecular complexity index is 1190. The first kappa shape index (κ1) is 22.6. The van der Waals surface area contributed by atoms with E-state index in [1.165, 1.54) is 32.4 Å². The number of carbonyl (C=O) groups is 2. The Morgan fingerprint density at radius 3 is 2.22 bits per heavy atom. The molecule has 164 valence electrons. The van der Waals surface area contributed by atoms with Gasteiger partial charge < -0.3 is 19.7 Å². The summed E-state index contributed by atoms with van der Waals surface area (Å²) in [7, 11) is 2.84. The number of hydrogen-bond donors (Lipinski definition) is 2. The van der Waals surface area contributed by atoms with Crippen LogP contribution in [-0.2, 0) is 6.42 Å².